The first-order valence-electron chi connectivity index (χ1n) is 4.27. The van der Waals surface area contributed by atoms with Gasteiger partial charge in [0, 0.05) is 20.1 Å². The van der Waals surface area contributed by atoms with Crippen molar-refractivity contribution in [1.29, 1.82) is 0 Å². The molecule has 0 radical (unpaired) electrons. The predicted molar refractivity (Wildman–Crippen MR) is 46.1 cm³/mol. The maximum absolute atomic E-state index is 11.0. The third-order valence-electron chi connectivity index (χ3n) is 1.94. The Hall–Kier alpha value is -0.770. The van der Waals surface area contributed by atoms with Crippen molar-refractivity contribution >= 4 is 6.09 Å². The van der Waals surface area contributed by atoms with E-state index < -0.39 is 0 Å². The summed E-state index contributed by atoms with van der Waals surface area (Å²) in [7, 11) is 3.37. The van der Waals surface area contributed by atoms with Gasteiger partial charge >= 0.3 is 6.09 Å². The summed E-state index contributed by atoms with van der Waals surface area (Å²) < 4.78 is 5.01. The summed E-state index contributed by atoms with van der Waals surface area (Å²) in [5, 5.41) is 3.26. The molecule has 0 saturated carbocycles. The van der Waals surface area contributed by atoms with Crippen molar-refractivity contribution in [3.8, 4) is 0 Å². The zero-order valence-electron chi connectivity index (χ0n) is 7.67. The van der Waals surface area contributed by atoms with Crippen molar-refractivity contribution in [3.05, 3.63) is 0 Å². The quantitative estimate of drug-likeness (QED) is 0.657. The Morgan fingerprint density at radius 1 is 1.67 bits per heavy atom. The summed E-state index contributed by atoms with van der Waals surface area (Å²) in [6, 6.07) is 0.369. The van der Waals surface area contributed by atoms with Gasteiger partial charge in [-0.2, -0.15) is 0 Å². The molecule has 4 nitrogen and oxygen atoms in total. The maximum atomic E-state index is 11.0. The molecule has 1 amide bonds. The molecule has 1 fully saturated rings. The minimum atomic E-state index is -0.260. The fourth-order valence-electron chi connectivity index (χ4n) is 1.20. The van der Waals surface area contributed by atoms with E-state index in [9.17, 15) is 4.79 Å². The normalized spacial score (nSPS) is 22.3. The minimum Gasteiger partial charge on any atom is -0.448 e. The largest absolute Gasteiger partial charge is 0.448 e. The Morgan fingerprint density at radius 2 is 2.42 bits per heavy atom. The fraction of sp³-hybridized carbons (Fsp3) is 0.875. The Kier molecular flexibility index (Phi) is 3.34. The van der Waals surface area contributed by atoms with Gasteiger partial charge in [0.2, 0.25) is 0 Å². The number of amides is 1. The van der Waals surface area contributed by atoms with Crippen LogP contribution in [0, 0.1) is 0 Å². The minimum absolute atomic E-state index is 0.260. The van der Waals surface area contributed by atoms with Crippen LogP contribution >= 0.6 is 0 Å². The van der Waals surface area contributed by atoms with Crippen LogP contribution in [0.15, 0.2) is 0 Å². The Labute approximate surface area is 72.9 Å². The van der Waals surface area contributed by atoms with E-state index in [1.807, 2.05) is 0 Å². The van der Waals surface area contributed by atoms with E-state index in [0.29, 0.717) is 12.6 Å². The molecule has 1 heterocycles. The lowest BCUT2D eigenvalue weighted by Crippen LogP contribution is -2.31. The van der Waals surface area contributed by atoms with Crippen LogP contribution in [0.4, 0.5) is 4.79 Å². The summed E-state index contributed by atoms with van der Waals surface area (Å²) in [5.41, 5.74) is 0. The number of ether oxygens (including phenoxy) is 1. The Bertz CT molecular complexity index is 153. The molecule has 0 aromatic heterocycles. The van der Waals surface area contributed by atoms with Crippen LogP contribution in [-0.2, 0) is 4.74 Å². The molecule has 0 bridgehead atoms. The van der Waals surface area contributed by atoms with Crippen LogP contribution < -0.4 is 5.32 Å². The molecule has 1 aliphatic heterocycles. The third kappa shape index (κ3) is 2.70. The van der Waals surface area contributed by atoms with Crippen molar-refractivity contribution in [2.24, 2.45) is 0 Å². The molecule has 1 unspecified atom stereocenters. The molecular weight excluding hydrogens is 156 g/mol. The average molecular weight is 172 g/mol. The smallest absolute Gasteiger partial charge is 0.409 e. The lowest BCUT2D eigenvalue weighted by molar-refractivity contribution is 0.110. The van der Waals surface area contributed by atoms with Crippen LogP contribution in [0.1, 0.15) is 12.8 Å². The van der Waals surface area contributed by atoms with Crippen molar-refractivity contribution < 1.29 is 9.53 Å². The first-order valence-corrected chi connectivity index (χ1v) is 4.27. The van der Waals surface area contributed by atoms with E-state index in [1.165, 1.54) is 11.3 Å². The highest BCUT2D eigenvalue weighted by atomic mass is 16.6. The molecular formula is C8H16N2O2. The molecule has 0 aromatic rings. The molecule has 1 N–H and O–H groups in total. The number of rotatable bonds is 2. The monoisotopic (exact) mass is 172 g/mol. The van der Waals surface area contributed by atoms with E-state index in [-0.39, 0.29) is 6.09 Å². The molecule has 1 saturated heterocycles. The molecule has 70 valence electrons. The van der Waals surface area contributed by atoms with Crippen LogP contribution in [0.25, 0.3) is 0 Å². The van der Waals surface area contributed by atoms with Crippen LogP contribution in [-0.4, -0.2) is 44.3 Å². The highest BCUT2D eigenvalue weighted by Crippen LogP contribution is 2.05. The number of nitrogens with zero attached hydrogens (tertiary/aromatic N) is 1. The summed E-state index contributed by atoms with van der Waals surface area (Å²) in [6.45, 7) is 1.54. The molecule has 12 heavy (non-hydrogen) atoms. The second kappa shape index (κ2) is 4.30. The lowest BCUT2D eigenvalue weighted by atomic mass is 10.2. The maximum Gasteiger partial charge on any atom is 0.409 e. The van der Waals surface area contributed by atoms with E-state index >= 15 is 0 Å². The number of hydrogen-bond acceptors (Lipinski definition) is 3. The Balaban J connectivity index is 2.12. The summed E-state index contributed by atoms with van der Waals surface area (Å²) in [5.74, 6) is 0. The van der Waals surface area contributed by atoms with Crippen molar-refractivity contribution in [2.45, 2.75) is 18.9 Å². The molecule has 1 atom stereocenters. The van der Waals surface area contributed by atoms with Gasteiger partial charge in [-0.15, -0.1) is 0 Å². The number of nitrogens with one attached hydrogen (secondary N) is 1. The second-order valence-electron chi connectivity index (χ2n) is 3.26. The van der Waals surface area contributed by atoms with Crippen molar-refractivity contribution in [1.82, 2.24) is 10.2 Å². The van der Waals surface area contributed by atoms with E-state index in [0.717, 1.165) is 13.0 Å². The summed E-state index contributed by atoms with van der Waals surface area (Å²) in [6.07, 6.45) is 2.04. The highest BCUT2D eigenvalue weighted by molar-refractivity contribution is 5.66. The number of carbonyl (C=O) groups is 1. The van der Waals surface area contributed by atoms with Gasteiger partial charge in [-0.05, 0) is 19.4 Å². The van der Waals surface area contributed by atoms with Gasteiger partial charge in [0.1, 0.15) is 6.61 Å². The van der Waals surface area contributed by atoms with Crippen LogP contribution in [0.5, 0.6) is 0 Å². The zero-order chi connectivity index (χ0) is 8.97. The lowest BCUT2D eigenvalue weighted by Gasteiger charge is -2.14. The van der Waals surface area contributed by atoms with Gasteiger partial charge in [-0.3, -0.25) is 0 Å². The van der Waals surface area contributed by atoms with Gasteiger partial charge < -0.3 is 15.0 Å². The van der Waals surface area contributed by atoms with Gasteiger partial charge in [0.05, 0.1) is 0 Å². The second-order valence-corrected chi connectivity index (χ2v) is 3.26. The van der Waals surface area contributed by atoms with Crippen LogP contribution in [0.2, 0.25) is 0 Å². The molecule has 0 spiro atoms. The van der Waals surface area contributed by atoms with Gasteiger partial charge in [0.25, 0.3) is 0 Å². The fourth-order valence-corrected chi connectivity index (χ4v) is 1.20. The Morgan fingerprint density at radius 3 is 2.92 bits per heavy atom. The summed E-state index contributed by atoms with van der Waals surface area (Å²) in [4.78, 5) is 12.4. The van der Waals surface area contributed by atoms with Crippen LogP contribution in [0.3, 0.4) is 0 Å². The molecule has 1 rings (SSSR count). The molecule has 1 aliphatic rings. The van der Waals surface area contributed by atoms with E-state index in [1.54, 1.807) is 14.1 Å². The number of carbonyl (C=O) groups excluding carboxylic acids is 1. The van der Waals surface area contributed by atoms with Gasteiger partial charge in [-0.1, -0.05) is 0 Å². The first-order chi connectivity index (χ1) is 5.70. The van der Waals surface area contributed by atoms with Gasteiger partial charge in [-0.25, -0.2) is 4.79 Å². The van der Waals surface area contributed by atoms with Gasteiger partial charge in [0.15, 0.2) is 0 Å². The zero-order valence-corrected chi connectivity index (χ0v) is 7.67. The topological polar surface area (TPSA) is 41.6 Å². The summed E-state index contributed by atoms with van der Waals surface area (Å²) >= 11 is 0. The SMILES string of the molecule is CN(C)C(=O)OCC1CCCN1. The average Bonchev–Trinajstić information content (AvgIpc) is 2.51. The van der Waals surface area contributed by atoms with Crippen molar-refractivity contribution in [2.75, 3.05) is 27.2 Å². The molecule has 0 aromatic carbocycles. The first kappa shape index (κ1) is 9.32. The predicted octanol–water partition coefficient (Wildman–Crippen LogP) is 0.437. The van der Waals surface area contributed by atoms with Crippen molar-refractivity contribution in [3.63, 3.8) is 0 Å². The van der Waals surface area contributed by atoms with E-state index in [2.05, 4.69) is 5.32 Å². The highest BCUT2D eigenvalue weighted by Gasteiger charge is 2.16. The standard InChI is InChI=1S/C8H16N2O2/c1-10(2)8(11)12-6-7-4-3-5-9-7/h7,9H,3-6H2,1-2H3. The molecule has 4 heteroatoms. The number of hydrogen-bond donors (Lipinski definition) is 1. The van der Waals surface area contributed by atoms with E-state index in [4.69, 9.17) is 4.74 Å². The third-order valence-corrected chi connectivity index (χ3v) is 1.94. The molecule has 0 aliphatic carbocycles.